The van der Waals surface area contributed by atoms with Crippen LogP contribution in [-0.2, 0) is 0 Å². The van der Waals surface area contributed by atoms with E-state index in [0.717, 1.165) is 0 Å². The van der Waals surface area contributed by atoms with Gasteiger partial charge in [-0.25, -0.2) is 0 Å². The first-order valence-electron chi connectivity index (χ1n) is 2.89. The Bertz CT molecular complexity index is 80.9. The topological polar surface area (TPSA) is 101 Å². The minimum Gasteiger partial charge on any atom is -0.394 e. The maximum atomic E-state index is 8.77. The summed E-state index contributed by atoms with van der Waals surface area (Å²) in [4.78, 5) is 0. The van der Waals surface area contributed by atoms with Crippen LogP contribution in [0.15, 0.2) is 0 Å². The van der Waals surface area contributed by atoms with Gasteiger partial charge in [0, 0.05) is 27.3 Å². The Kier molecular flexibility index (Phi) is 9.56. The minimum absolute atomic E-state index is 0. The van der Waals surface area contributed by atoms with E-state index in [0.29, 0.717) is 0 Å². The zero-order valence-corrected chi connectivity index (χ0v) is 9.77. The van der Waals surface area contributed by atoms with Crippen LogP contribution in [0.3, 0.4) is 0 Å². The van der Waals surface area contributed by atoms with Crippen LogP contribution in [0, 0.1) is 0 Å². The zero-order chi connectivity index (χ0) is 8.15. The molecule has 0 fully saturated rings. The number of aliphatic hydroxyl groups excluding tert-OH is 5. The van der Waals surface area contributed by atoms with Crippen LogP contribution in [0.1, 0.15) is 0 Å². The Labute approximate surface area is 84.5 Å². The summed E-state index contributed by atoms with van der Waals surface area (Å²) in [6.07, 6.45) is -4.29. The van der Waals surface area contributed by atoms with Crippen LogP contribution >= 0.6 is 0 Å². The molecule has 0 saturated heterocycles. The fourth-order valence-electron chi connectivity index (χ4n) is 0.472. The van der Waals surface area contributed by atoms with E-state index in [1.807, 2.05) is 0 Å². The van der Waals surface area contributed by atoms with Crippen molar-refractivity contribution in [2.75, 3.05) is 13.2 Å². The summed E-state index contributed by atoms with van der Waals surface area (Å²) in [5.74, 6) is 0. The summed E-state index contributed by atoms with van der Waals surface area (Å²) >= 11 is 0. The molecule has 0 aromatic carbocycles. The van der Waals surface area contributed by atoms with Gasteiger partial charge in [0.15, 0.2) is 0 Å². The predicted molar refractivity (Wildman–Crippen MR) is 37.9 cm³/mol. The average molecular weight is 359 g/mol. The molecule has 3 atom stereocenters. The van der Waals surface area contributed by atoms with Gasteiger partial charge in [-0.3, -0.25) is 0 Å². The maximum Gasteiger partial charge on any atom is 0.110 e. The second-order valence-electron chi connectivity index (χ2n) is 1.99. The molecule has 0 amide bonds. The first kappa shape index (κ1) is 14.3. The van der Waals surface area contributed by atoms with Gasteiger partial charge in [-0.2, -0.15) is 0 Å². The molecular formula is C5H12O5Pb. The van der Waals surface area contributed by atoms with Gasteiger partial charge in [-0.1, -0.05) is 0 Å². The molecule has 0 rings (SSSR count). The number of aliphatic hydroxyl groups is 5. The summed E-state index contributed by atoms with van der Waals surface area (Å²) in [5.41, 5.74) is 0. The Morgan fingerprint density at radius 2 is 1.09 bits per heavy atom. The average Bonchev–Trinajstić information content (AvgIpc) is 2.00. The molecule has 6 heteroatoms. The zero-order valence-electron chi connectivity index (χ0n) is 5.88. The molecule has 0 aliphatic carbocycles. The molecule has 0 aliphatic heterocycles. The van der Waals surface area contributed by atoms with Crippen LogP contribution in [0.4, 0.5) is 0 Å². The van der Waals surface area contributed by atoms with E-state index in [-0.39, 0.29) is 27.3 Å². The van der Waals surface area contributed by atoms with E-state index >= 15 is 0 Å². The van der Waals surface area contributed by atoms with Gasteiger partial charge in [-0.15, -0.1) is 0 Å². The van der Waals surface area contributed by atoms with E-state index in [4.69, 9.17) is 25.5 Å². The van der Waals surface area contributed by atoms with Crippen molar-refractivity contribution in [3.05, 3.63) is 0 Å². The monoisotopic (exact) mass is 360 g/mol. The Morgan fingerprint density at radius 3 is 1.27 bits per heavy atom. The normalized spacial score (nSPS) is 18.3. The van der Waals surface area contributed by atoms with Gasteiger partial charge in [-0.05, 0) is 0 Å². The van der Waals surface area contributed by atoms with Crippen molar-refractivity contribution in [3.8, 4) is 0 Å². The van der Waals surface area contributed by atoms with Crippen LogP contribution in [0.25, 0.3) is 0 Å². The fraction of sp³-hybridized carbons (Fsp3) is 1.00. The number of hydrogen-bond acceptors (Lipinski definition) is 5. The molecule has 66 valence electrons. The van der Waals surface area contributed by atoms with Gasteiger partial charge >= 0.3 is 0 Å². The molecule has 0 heterocycles. The Balaban J connectivity index is 0. The molecule has 0 aromatic heterocycles. The molecule has 5 nitrogen and oxygen atoms in total. The fourth-order valence-corrected chi connectivity index (χ4v) is 0.472. The molecule has 0 bridgehead atoms. The Hall–Kier alpha value is 0.722. The van der Waals surface area contributed by atoms with E-state index < -0.39 is 31.5 Å². The van der Waals surface area contributed by atoms with Crippen LogP contribution < -0.4 is 0 Å². The van der Waals surface area contributed by atoms with Crippen molar-refractivity contribution >= 4 is 27.3 Å². The molecule has 0 aromatic rings. The van der Waals surface area contributed by atoms with Crippen molar-refractivity contribution in [3.63, 3.8) is 0 Å². The van der Waals surface area contributed by atoms with Gasteiger partial charge in [0.05, 0.1) is 13.2 Å². The maximum absolute atomic E-state index is 8.77. The summed E-state index contributed by atoms with van der Waals surface area (Å²) in [7, 11) is 0. The van der Waals surface area contributed by atoms with Gasteiger partial charge in [0.25, 0.3) is 0 Å². The molecule has 1 unspecified atom stereocenters. The predicted octanol–water partition coefficient (Wildman–Crippen LogP) is -3.33. The van der Waals surface area contributed by atoms with Crippen LogP contribution in [-0.4, -0.2) is 84.4 Å². The van der Waals surface area contributed by atoms with E-state index in [1.165, 1.54) is 0 Å². The van der Waals surface area contributed by atoms with Crippen molar-refractivity contribution in [1.82, 2.24) is 0 Å². The standard InChI is InChI=1S/C5H12O5.Pb/c6-1-3(8)5(10)4(9)2-7;/h3-10H,1-2H2;/t3-,4+,5?;. The molecule has 0 spiro atoms. The van der Waals surface area contributed by atoms with Crippen LogP contribution in [0.2, 0.25) is 0 Å². The van der Waals surface area contributed by atoms with Crippen LogP contribution in [0.5, 0.6) is 0 Å². The van der Waals surface area contributed by atoms with Crippen molar-refractivity contribution < 1.29 is 25.5 Å². The van der Waals surface area contributed by atoms with E-state index in [1.54, 1.807) is 0 Å². The largest absolute Gasteiger partial charge is 0.394 e. The molecule has 11 heavy (non-hydrogen) atoms. The first-order valence-corrected chi connectivity index (χ1v) is 2.89. The summed E-state index contributed by atoms with van der Waals surface area (Å²) in [6, 6.07) is 0. The molecule has 0 aliphatic rings. The van der Waals surface area contributed by atoms with Crippen molar-refractivity contribution in [1.29, 1.82) is 0 Å². The third-order valence-corrected chi connectivity index (χ3v) is 1.16. The van der Waals surface area contributed by atoms with Gasteiger partial charge in [0.2, 0.25) is 0 Å². The molecule has 0 saturated carbocycles. The quantitative estimate of drug-likeness (QED) is 0.338. The van der Waals surface area contributed by atoms with Gasteiger partial charge in [0.1, 0.15) is 18.3 Å². The van der Waals surface area contributed by atoms with Crippen molar-refractivity contribution in [2.24, 2.45) is 0 Å². The molecular weight excluding hydrogens is 347 g/mol. The first-order chi connectivity index (χ1) is 4.63. The number of hydrogen-bond donors (Lipinski definition) is 5. The minimum atomic E-state index is -1.49. The smallest absolute Gasteiger partial charge is 0.110 e. The van der Waals surface area contributed by atoms with Crippen molar-refractivity contribution in [2.45, 2.75) is 18.3 Å². The van der Waals surface area contributed by atoms with E-state index in [9.17, 15) is 0 Å². The second kappa shape index (κ2) is 7.38. The van der Waals surface area contributed by atoms with E-state index in [2.05, 4.69) is 0 Å². The third-order valence-electron chi connectivity index (χ3n) is 1.16. The number of rotatable bonds is 4. The summed E-state index contributed by atoms with van der Waals surface area (Å²) in [5, 5.41) is 42.6. The summed E-state index contributed by atoms with van der Waals surface area (Å²) in [6.45, 7) is -1.28. The second-order valence-corrected chi connectivity index (χ2v) is 1.99. The molecule has 4 radical (unpaired) electrons. The third kappa shape index (κ3) is 5.04. The molecule has 5 N–H and O–H groups in total. The SMILES string of the molecule is OC[C@@H](O)C(O)[C@@H](O)CO.[Pb]. The van der Waals surface area contributed by atoms with Gasteiger partial charge < -0.3 is 25.5 Å². The Morgan fingerprint density at radius 1 is 0.818 bits per heavy atom. The summed E-state index contributed by atoms with van der Waals surface area (Å²) < 4.78 is 0.